The molecule has 0 aliphatic carbocycles. The normalized spacial score (nSPS) is 41.5. The van der Waals surface area contributed by atoms with Gasteiger partial charge in [0.2, 0.25) is 23.6 Å². The standard InChI is InChI=1S/C40H72N8O20/c1-13(41)5-21(49)45-9-17-33-25(53)29(57)37(61-17)66-34-18(10-46-22(50)6-14(2)42)63-39(31(59)27(34)55)68-36-20(12-48-24(52)8-16(4)44)64-40(32(60)28(36)56)67-35-19(11-47-23(51)7-15(3)43)62-38(65-33)30(58)26(35)54/h13-20,25-40,53-60H,5-12,41-44H2,1-4H3,(H,45,49)(H,46,50)(H,47,51)(H,48,52)/t13-,14-,15-,16-,17-,18-,19-,20-,25-,26-,27-,28-,29-,30-,31-,32-,33-,34-,35-,36-,37-,38-,39-,40-/m0/s1. The van der Waals surface area contributed by atoms with Crippen LogP contribution in [0.4, 0.5) is 0 Å². The van der Waals surface area contributed by atoms with E-state index in [2.05, 4.69) is 21.3 Å². The predicted molar refractivity (Wildman–Crippen MR) is 227 cm³/mol. The molecule has 14 aliphatic heterocycles. The smallest absolute Gasteiger partial charge is 0.221 e. The predicted octanol–water partition coefficient (Wildman–Crippen LogP) is -9.26. The maximum Gasteiger partial charge on any atom is 0.221 e. The van der Waals surface area contributed by atoms with Crippen LogP contribution in [0.15, 0.2) is 0 Å². The lowest BCUT2D eigenvalue weighted by atomic mass is 9.94. The minimum absolute atomic E-state index is 0.152. The number of hydrogen-bond acceptors (Lipinski definition) is 24. The summed E-state index contributed by atoms with van der Waals surface area (Å²) >= 11 is 0. The van der Waals surface area contributed by atoms with Gasteiger partial charge in [-0.15, -0.1) is 0 Å². The molecule has 392 valence electrons. The van der Waals surface area contributed by atoms with Crippen molar-refractivity contribution in [1.29, 1.82) is 0 Å². The molecular formula is C40H72N8O20. The Hall–Kier alpha value is -2.92. The van der Waals surface area contributed by atoms with Crippen LogP contribution in [0.3, 0.4) is 0 Å². The van der Waals surface area contributed by atoms with Crippen LogP contribution in [-0.2, 0) is 57.1 Å². The van der Waals surface area contributed by atoms with Crippen molar-refractivity contribution in [1.82, 2.24) is 21.3 Å². The monoisotopic (exact) mass is 984 g/mol. The topological polar surface area (TPSA) is 456 Å². The fourth-order valence-corrected chi connectivity index (χ4v) is 8.34. The average Bonchev–Trinajstić information content (AvgIpc) is 3.24. The van der Waals surface area contributed by atoms with Crippen LogP contribution in [0.5, 0.6) is 0 Å². The number of nitrogens with two attached hydrogens (primary N) is 4. The molecule has 8 bridgehead atoms. The highest BCUT2D eigenvalue weighted by molar-refractivity contribution is 5.77. The number of carbonyl (C=O) groups is 4. The van der Waals surface area contributed by atoms with E-state index in [0.29, 0.717) is 0 Å². The second-order valence-corrected chi connectivity index (χ2v) is 18.4. The minimum Gasteiger partial charge on any atom is -0.387 e. The molecule has 28 nitrogen and oxygen atoms in total. The van der Waals surface area contributed by atoms with Crippen LogP contribution < -0.4 is 44.2 Å². The number of amides is 4. The van der Waals surface area contributed by atoms with E-state index in [1.807, 2.05) is 0 Å². The highest BCUT2D eigenvalue weighted by Gasteiger charge is 2.57. The Labute approximate surface area is 391 Å². The summed E-state index contributed by atoms with van der Waals surface area (Å²) in [5.74, 6) is -2.28. The van der Waals surface area contributed by atoms with E-state index in [4.69, 9.17) is 60.8 Å². The molecule has 0 saturated carbocycles. The Kier molecular flexibility index (Phi) is 20.6. The van der Waals surface area contributed by atoms with Gasteiger partial charge in [-0.1, -0.05) is 0 Å². The van der Waals surface area contributed by atoms with Crippen molar-refractivity contribution in [3.63, 3.8) is 0 Å². The van der Waals surface area contributed by atoms with Crippen LogP contribution in [0.25, 0.3) is 0 Å². The molecule has 0 radical (unpaired) electrons. The first kappa shape index (κ1) is 56.0. The second kappa shape index (κ2) is 25.0. The van der Waals surface area contributed by atoms with Gasteiger partial charge < -0.3 is 123 Å². The lowest BCUT2D eigenvalue weighted by Crippen LogP contribution is -2.70. The average molecular weight is 985 g/mol. The number of aliphatic hydroxyl groups excluding tert-OH is 8. The molecule has 68 heavy (non-hydrogen) atoms. The number of nitrogens with one attached hydrogen (secondary N) is 4. The van der Waals surface area contributed by atoms with E-state index in [-0.39, 0.29) is 25.7 Å². The molecule has 14 saturated heterocycles. The SMILES string of the molecule is C[C@H](N)CC(=O)NC[C@@H]1O[C@H]2O[C@@H]3[C@@H](O)[C@H](O)[C@H](O[C@@H]4[C@@H](O)[C@H](O)[C@H](O[C@@H]5[C@@H](O)[C@H](O)[C@H](O[C@@H]1[C@@H](O)[C@@H]2O)O[C@H]5CNC(=O)C[C@H](C)N)O[C@H]4CNC(=O)C[C@H](C)N)O[C@H]3CNC(=O)C[C@H](C)N. The van der Waals surface area contributed by atoms with Crippen molar-refractivity contribution in [3.05, 3.63) is 0 Å². The Morgan fingerprint density at radius 2 is 0.529 bits per heavy atom. The van der Waals surface area contributed by atoms with E-state index >= 15 is 0 Å². The summed E-state index contributed by atoms with van der Waals surface area (Å²) in [5.41, 5.74) is 23.2. The summed E-state index contributed by atoms with van der Waals surface area (Å²) in [4.78, 5) is 51.2. The van der Waals surface area contributed by atoms with E-state index in [9.17, 15) is 60.0 Å². The molecule has 20 N–H and O–H groups in total. The van der Waals surface area contributed by atoms with Gasteiger partial charge in [0, 0.05) is 76.0 Å². The van der Waals surface area contributed by atoms with Crippen molar-refractivity contribution >= 4 is 23.6 Å². The third-order valence-corrected chi connectivity index (χ3v) is 11.8. The number of rotatable bonds is 16. The number of ether oxygens (including phenoxy) is 8. The van der Waals surface area contributed by atoms with Crippen molar-refractivity contribution < 1.29 is 97.9 Å². The van der Waals surface area contributed by atoms with Crippen LogP contribution in [-0.4, -0.2) is 238 Å². The summed E-state index contributed by atoms with van der Waals surface area (Å²) in [6.07, 6.45) is -37.7. The number of carbonyl (C=O) groups excluding carboxylic acids is 4. The zero-order valence-electron chi connectivity index (χ0n) is 38.3. The van der Waals surface area contributed by atoms with Crippen LogP contribution in [0.1, 0.15) is 53.4 Å². The summed E-state index contributed by atoms with van der Waals surface area (Å²) in [6, 6.07) is -2.31. The second-order valence-electron chi connectivity index (χ2n) is 18.4. The Bertz CT molecular complexity index is 1430. The Balaban J connectivity index is 1.58. The molecule has 0 aromatic carbocycles. The summed E-state index contributed by atoms with van der Waals surface area (Å²) in [7, 11) is 0. The molecule has 14 fully saturated rings. The molecule has 24 atom stereocenters. The zero-order valence-corrected chi connectivity index (χ0v) is 38.3. The van der Waals surface area contributed by atoms with Crippen molar-refractivity contribution in [3.8, 4) is 0 Å². The molecule has 0 aromatic rings. The van der Waals surface area contributed by atoms with Crippen LogP contribution >= 0.6 is 0 Å². The molecule has 4 amide bonds. The molecule has 28 heteroatoms. The molecule has 14 rings (SSSR count). The first-order valence-corrected chi connectivity index (χ1v) is 22.7. The van der Waals surface area contributed by atoms with Gasteiger partial charge in [-0.05, 0) is 27.7 Å². The van der Waals surface area contributed by atoms with Gasteiger partial charge in [0.1, 0.15) is 97.7 Å². The lowest BCUT2D eigenvalue weighted by Gasteiger charge is -2.51. The van der Waals surface area contributed by atoms with Crippen LogP contribution in [0, 0.1) is 0 Å². The quantitative estimate of drug-likeness (QED) is 0.0683. The molecule has 0 unspecified atom stereocenters. The lowest BCUT2D eigenvalue weighted by molar-refractivity contribution is -0.399. The van der Waals surface area contributed by atoms with Gasteiger partial charge in [-0.2, -0.15) is 0 Å². The summed E-state index contributed by atoms with van der Waals surface area (Å²) < 4.78 is 48.6. The number of hydrogen-bond donors (Lipinski definition) is 16. The van der Waals surface area contributed by atoms with Crippen molar-refractivity contribution in [2.24, 2.45) is 22.9 Å². The molecule has 0 spiro atoms. The molecular weight excluding hydrogens is 912 g/mol. The fraction of sp³-hybridized carbons (Fsp3) is 0.900. The maximum absolute atomic E-state index is 12.8. The largest absolute Gasteiger partial charge is 0.387 e. The Morgan fingerprint density at radius 3 is 0.691 bits per heavy atom. The zero-order chi connectivity index (χ0) is 50.3. The van der Waals surface area contributed by atoms with Gasteiger partial charge in [-0.3, -0.25) is 19.2 Å². The van der Waals surface area contributed by atoms with Gasteiger partial charge in [0.05, 0.1) is 0 Å². The van der Waals surface area contributed by atoms with Crippen molar-refractivity contribution in [2.45, 2.75) is 200 Å². The summed E-state index contributed by atoms with van der Waals surface area (Å²) in [6.45, 7) is 4.43. The van der Waals surface area contributed by atoms with Gasteiger partial charge in [0.15, 0.2) is 25.2 Å². The third kappa shape index (κ3) is 14.6. The third-order valence-electron chi connectivity index (χ3n) is 11.8. The highest BCUT2D eigenvalue weighted by Crippen LogP contribution is 2.36. The highest BCUT2D eigenvalue weighted by atomic mass is 16.8. The van der Waals surface area contributed by atoms with Gasteiger partial charge in [-0.25, -0.2) is 0 Å². The van der Waals surface area contributed by atoms with E-state index in [0.717, 1.165) is 0 Å². The Morgan fingerprint density at radius 1 is 0.353 bits per heavy atom. The van der Waals surface area contributed by atoms with E-state index in [1.54, 1.807) is 27.7 Å². The fourth-order valence-electron chi connectivity index (χ4n) is 8.34. The molecule has 0 aromatic heterocycles. The summed E-state index contributed by atoms with van der Waals surface area (Å²) in [5, 5.41) is 103. The first-order chi connectivity index (χ1) is 31.9. The number of aliphatic hydroxyl groups is 8. The van der Waals surface area contributed by atoms with Crippen LogP contribution in [0.2, 0.25) is 0 Å². The molecule has 14 heterocycles. The minimum atomic E-state index is -2.08. The first-order valence-electron chi connectivity index (χ1n) is 22.7. The molecule has 14 aliphatic rings. The van der Waals surface area contributed by atoms with Gasteiger partial charge >= 0.3 is 0 Å². The van der Waals surface area contributed by atoms with E-state index < -0.39 is 197 Å². The van der Waals surface area contributed by atoms with E-state index in [1.165, 1.54) is 0 Å². The van der Waals surface area contributed by atoms with Crippen molar-refractivity contribution in [2.75, 3.05) is 26.2 Å². The maximum atomic E-state index is 12.8. The van der Waals surface area contributed by atoms with Gasteiger partial charge in [0.25, 0.3) is 0 Å².